The minimum Gasteiger partial charge on any atom is -0.357 e. The Labute approximate surface area is 155 Å². The molecule has 0 radical (unpaired) electrons. The quantitative estimate of drug-likeness (QED) is 0.552. The van der Waals surface area contributed by atoms with Gasteiger partial charge in [-0.05, 0) is 57.5 Å². The van der Waals surface area contributed by atoms with Crippen LogP contribution in [0.25, 0.3) is 5.65 Å². The van der Waals surface area contributed by atoms with Crippen LogP contribution in [0, 0.1) is 0 Å². The molecule has 3 aromatic heterocycles. The Morgan fingerprint density at radius 1 is 1.08 bits per heavy atom. The van der Waals surface area contributed by atoms with Gasteiger partial charge in [-0.15, -0.1) is 26.2 Å². The van der Waals surface area contributed by atoms with Crippen molar-refractivity contribution in [3.8, 4) is 0 Å². The number of fused-ring (bicyclic) bond motifs is 1. The fourth-order valence-electron chi connectivity index (χ4n) is 2.90. The molecule has 0 amide bonds. The van der Waals surface area contributed by atoms with E-state index in [0.29, 0.717) is 11.6 Å². The molecule has 4 rings (SSSR count). The maximum Gasteiger partial charge on any atom is 0.200 e. The van der Waals surface area contributed by atoms with E-state index in [4.69, 9.17) is 0 Å². The van der Waals surface area contributed by atoms with Crippen molar-refractivity contribution in [1.29, 1.82) is 0 Å². The fraction of sp³-hybridized carbons (Fsp3) is 0.263. The van der Waals surface area contributed by atoms with Crippen molar-refractivity contribution in [3.05, 3.63) is 69.9 Å². The lowest BCUT2D eigenvalue weighted by molar-refractivity contribution is 0.729. The Morgan fingerprint density at radius 3 is 2.62 bits per heavy atom. The lowest BCUT2D eigenvalue weighted by atomic mass is 9.95. The second-order valence-corrected chi connectivity index (χ2v) is 7.29. The van der Waals surface area contributed by atoms with Crippen molar-refractivity contribution in [2.24, 2.45) is 0 Å². The highest BCUT2D eigenvalue weighted by atomic mass is 32.1. The third-order valence-corrected chi connectivity index (χ3v) is 5.58. The summed E-state index contributed by atoms with van der Waals surface area (Å²) in [6, 6.07) is 16.9. The van der Waals surface area contributed by atoms with Crippen molar-refractivity contribution < 1.29 is 0 Å². The molecule has 26 heavy (non-hydrogen) atoms. The van der Waals surface area contributed by atoms with Crippen LogP contribution in [0.5, 0.6) is 0 Å². The van der Waals surface area contributed by atoms with Gasteiger partial charge in [0.1, 0.15) is 5.82 Å². The van der Waals surface area contributed by atoms with E-state index < -0.39 is 0 Å². The number of tetrazole rings is 1. The summed E-state index contributed by atoms with van der Waals surface area (Å²) in [5.41, 5.74) is 3.20. The van der Waals surface area contributed by atoms with Crippen LogP contribution in [0.4, 0.5) is 5.82 Å². The molecule has 0 aliphatic carbocycles. The zero-order valence-electron chi connectivity index (χ0n) is 14.7. The van der Waals surface area contributed by atoms with Gasteiger partial charge < -0.3 is 5.32 Å². The highest BCUT2D eigenvalue weighted by Crippen LogP contribution is 2.30. The van der Waals surface area contributed by atoms with Gasteiger partial charge >= 0.3 is 0 Å². The Kier molecular flexibility index (Phi) is 4.62. The highest BCUT2D eigenvalue weighted by Gasteiger charge is 2.17. The van der Waals surface area contributed by atoms with Crippen LogP contribution in [0.15, 0.2) is 53.9 Å². The first-order valence-corrected chi connectivity index (χ1v) is 9.58. The number of anilines is 1. The molecule has 4 aromatic rings. The summed E-state index contributed by atoms with van der Waals surface area (Å²) < 4.78 is 1.43. The Balaban J connectivity index is 1.66. The average Bonchev–Trinajstić information content (AvgIpc) is 3.37. The SMILES string of the molecule is CC[C@H](C)c1ccc([C@H](Nc2ccc3nnnn3n2)c2cccs2)cc1. The van der Waals surface area contributed by atoms with Gasteiger partial charge in [0.05, 0.1) is 6.04 Å². The van der Waals surface area contributed by atoms with Crippen LogP contribution >= 0.6 is 11.3 Å². The van der Waals surface area contributed by atoms with Crippen LogP contribution in [0.3, 0.4) is 0 Å². The summed E-state index contributed by atoms with van der Waals surface area (Å²) in [5.74, 6) is 1.30. The van der Waals surface area contributed by atoms with E-state index in [1.807, 2.05) is 12.1 Å². The first kappa shape index (κ1) is 16.7. The number of nitrogens with zero attached hydrogens (tertiary/aromatic N) is 5. The van der Waals surface area contributed by atoms with E-state index in [0.717, 1.165) is 12.2 Å². The topological polar surface area (TPSA) is 68.0 Å². The zero-order chi connectivity index (χ0) is 17.9. The molecule has 0 spiro atoms. The third-order valence-electron chi connectivity index (χ3n) is 4.64. The third kappa shape index (κ3) is 3.30. The molecule has 1 aromatic carbocycles. The molecule has 0 bridgehead atoms. The molecule has 0 aliphatic rings. The lowest BCUT2D eigenvalue weighted by Crippen LogP contribution is -2.13. The predicted molar refractivity (Wildman–Crippen MR) is 104 cm³/mol. The molecule has 132 valence electrons. The van der Waals surface area contributed by atoms with Gasteiger partial charge in [-0.2, -0.15) is 0 Å². The molecule has 7 heteroatoms. The second kappa shape index (κ2) is 7.21. The van der Waals surface area contributed by atoms with E-state index in [-0.39, 0.29) is 6.04 Å². The van der Waals surface area contributed by atoms with Crippen LogP contribution in [-0.4, -0.2) is 25.3 Å². The molecular weight excluding hydrogens is 344 g/mol. The standard InChI is InChI=1S/C19H20N6S/c1-3-13(2)14-6-8-15(9-7-14)19(16-5-4-12-26-16)20-17-10-11-18-21-23-24-25(18)22-17/h4-13,19H,3H2,1-2H3,(H,20,22)/t13-,19-/m0/s1. The van der Waals surface area contributed by atoms with Crippen molar-refractivity contribution in [3.63, 3.8) is 0 Å². The van der Waals surface area contributed by atoms with E-state index in [1.54, 1.807) is 11.3 Å². The van der Waals surface area contributed by atoms with Crippen molar-refractivity contribution in [2.45, 2.75) is 32.2 Å². The molecule has 0 aliphatic heterocycles. The maximum absolute atomic E-state index is 4.44. The van der Waals surface area contributed by atoms with Crippen molar-refractivity contribution >= 4 is 22.8 Å². The number of nitrogens with one attached hydrogen (secondary N) is 1. The van der Waals surface area contributed by atoms with Gasteiger partial charge in [0.2, 0.25) is 0 Å². The van der Waals surface area contributed by atoms with Crippen molar-refractivity contribution in [2.75, 3.05) is 5.32 Å². The van der Waals surface area contributed by atoms with Crippen LogP contribution in [0.1, 0.15) is 48.2 Å². The van der Waals surface area contributed by atoms with E-state index in [1.165, 1.54) is 20.6 Å². The predicted octanol–water partition coefficient (Wildman–Crippen LogP) is 4.30. The van der Waals surface area contributed by atoms with Crippen LogP contribution in [-0.2, 0) is 0 Å². The Hall–Kier alpha value is -2.80. The first-order valence-electron chi connectivity index (χ1n) is 8.70. The summed E-state index contributed by atoms with van der Waals surface area (Å²) in [5, 5.41) is 21.5. The van der Waals surface area contributed by atoms with Gasteiger partial charge in [-0.1, -0.05) is 44.2 Å². The second-order valence-electron chi connectivity index (χ2n) is 6.31. The summed E-state index contributed by atoms with van der Waals surface area (Å²) in [6.07, 6.45) is 1.14. The largest absolute Gasteiger partial charge is 0.357 e. The first-order chi connectivity index (χ1) is 12.7. The van der Waals surface area contributed by atoms with E-state index >= 15 is 0 Å². The number of benzene rings is 1. The molecule has 0 unspecified atom stereocenters. The summed E-state index contributed by atoms with van der Waals surface area (Å²) in [4.78, 5) is 1.24. The molecule has 2 atom stereocenters. The van der Waals surface area contributed by atoms with Crippen molar-refractivity contribution in [1.82, 2.24) is 25.3 Å². The van der Waals surface area contributed by atoms with Gasteiger partial charge in [-0.25, -0.2) is 0 Å². The number of thiophene rings is 1. The smallest absolute Gasteiger partial charge is 0.200 e. The summed E-state index contributed by atoms with van der Waals surface area (Å²) >= 11 is 1.73. The minimum atomic E-state index is 0.0300. The highest BCUT2D eigenvalue weighted by molar-refractivity contribution is 7.10. The lowest BCUT2D eigenvalue weighted by Gasteiger charge is -2.19. The monoisotopic (exact) mass is 364 g/mol. The summed E-state index contributed by atoms with van der Waals surface area (Å²) in [6.45, 7) is 4.48. The molecule has 6 nitrogen and oxygen atoms in total. The van der Waals surface area contributed by atoms with E-state index in [9.17, 15) is 0 Å². The van der Waals surface area contributed by atoms with Gasteiger partial charge in [0, 0.05) is 4.88 Å². The zero-order valence-corrected chi connectivity index (χ0v) is 15.5. The molecule has 0 saturated heterocycles. The number of rotatable bonds is 6. The van der Waals surface area contributed by atoms with Gasteiger partial charge in [-0.3, -0.25) is 0 Å². The normalized spacial score (nSPS) is 13.6. The molecule has 0 saturated carbocycles. The molecular formula is C19H20N6S. The van der Waals surface area contributed by atoms with Crippen LogP contribution in [0.2, 0.25) is 0 Å². The van der Waals surface area contributed by atoms with Crippen LogP contribution < -0.4 is 5.32 Å². The fourth-order valence-corrected chi connectivity index (χ4v) is 3.70. The summed E-state index contributed by atoms with van der Waals surface area (Å²) in [7, 11) is 0. The maximum atomic E-state index is 4.44. The Morgan fingerprint density at radius 2 is 1.88 bits per heavy atom. The molecule has 3 heterocycles. The number of hydrogen-bond acceptors (Lipinski definition) is 6. The Bertz CT molecular complexity index is 977. The van der Waals surface area contributed by atoms with Gasteiger partial charge in [0.25, 0.3) is 0 Å². The number of aromatic nitrogens is 5. The van der Waals surface area contributed by atoms with E-state index in [2.05, 4.69) is 81.6 Å². The van der Waals surface area contributed by atoms with Gasteiger partial charge in [0.15, 0.2) is 5.65 Å². The minimum absolute atomic E-state index is 0.0300. The molecule has 1 N–H and O–H groups in total. The average molecular weight is 364 g/mol. The molecule has 0 fully saturated rings. The number of hydrogen-bond donors (Lipinski definition) is 1.